The molecule has 0 bridgehead atoms. The van der Waals surface area contributed by atoms with E-state index in [2.05, 4.69) is 19.2 Å². The minimum Gasteiger partial charge on any atom is -0.369 e. The number of hydrogen-bond donors (Lipinski definition) is 1. The summed E-state index contributed by atoms with van der Waals surface area (Å²) in [6.07, 6.45) is -2.17. The molecule has 0 saturated carbocycles. The van der Waals surface area contributed by atoms with Crippen LogP contribution in [0, 0.1) is 0 Å². The molecule has 17 heavy (non-hydrogen) atoms. The molecule has 0 aliphatic heterocycles. The third kappa shape index (κ3) is 10.6. The Labute approximate surface area is 102 Å². The molecule has 0 heterocycles. The number of halogens is 3. The van der Waals surface area contributed by atoms with Crippen LogP contribution in [0.3, 0.4) is 0 Å². The maximum atomic E-state index is 12.1. The fourth-order valence-electron chi connectivity index (χ4n) is 1.33. The van der Waals surface area contributed by atoms with E-state index >= 15 is 0 Å². The number of alkyl halides is 3. The third-order valence-corrected chi connectivity index (χ3v) is 2.45. The Morgan fingerprint density at radius 2 is 1.59 bits per heavy atom. The van der Waals surface area contributed by atoms with Crippen molar-refractivity contribution in [3.05, 3.63) is 0 Å². The van der Waals surface area contributed by atoms with Crippen molar-refractivity contribution in [2.75, 3.05) is 13.2 Å². The van der Waals surface area contributed by atoms with Gasteiger partial charge in [-0.05, 0) is 26.3 Å². The highest BCUT2D eigenvalue weighted by Gasteiger charge is 2.36. The minimum atomic E-state index is -4.23. The number of nitrogens with one attached hydrogen (secondary N) is 1. The summed E-state index contributed by atoms with van der Waals surface area (Å²) < 4.78 is 40.9. The Balaban J connectivity index is 3.24. The van der Waals surface area contributed by atoms with Crippen molar-refractivity contribution in [2.45, 2.75) is 64.8 Å². The van der Waals surface area contributed by atoms with E-state index < -0.39 is 12.3 Å². The zero-order valence-corrected chi connectivity index (χ0v) is 10.9. The molecule has 104 valence electrons. The molecular formula is C12H24F3NO. The first-order chi connectivity index (χ1) is 7.84. The van der Waals surface area contributed by atoms with Gasteiger partial charge in [0.25, 0.3) is 0 Å². The van der Waals surface area contributed by atoms with E-state index in [1.165, 1.54) is 0 Å². The topological polar surface area (TPSA) is 21.3 Å². The highest BCUT2D eigenvalue weighted by atomic mass is 19.4. The predicted molar refractivity (Wildman–Crippen MR) is 63.1 cm³/mol. The smallest absolute Gasteiger partial charge is 0.369 e. The van der Waals surface area contributed by atoms with Crippen LogP contribution in [-0.4, -0.2) is 31.5 Å². The van der Waals surface area contributed by atoms with Crippen molar-refractivity contribution in [1.82, 2.24) is 5.32 Å². The molecule has 0 aromatic heterocycles. The molecular weight excluding hydrogens is 231 g/mol. The lowest BCUT2D eigenvalue weighted by Gasteiger charge is -2.16. The fraction of sp³-hybridized carbons (Fsp3) is 1.00. The van der Waals surface area contributed by atoms with Gasteiger partial charge in [-0.1, -0.05) is 26.7 Å². The normalized spacial score (nSPS) is 14.3. The van der Waals surface area contributed by atoms with Gasteiger partial charge in [-0.15, -0.1) is 0 Å². The highest BCUT2D eigenvalue weighted by Crippen LogP contribution is 2.22. The van der Waals surface area contributed by atoms with E-state index in [0.29, 0.717) is 12.5 Å². The maximum absolute atomic E-state index is 12.1. The zero-order valence-electron chi connectivity index (χ0n) is 10.9. The molecule has 0 aliphatic carbocycles. The lowest BCUT2D eigenvalue weighted by molar-refractivity contribution is -0.214. The zero-order chi connectivity index (χ0) is 13.3. The van der Waals surface area contributed by atoms with Crippen LogP contribution in [0.4, 0.5) is 13.2 Å². The standard InChI is InChI=1S/C12H24F3NO/c1-10(2)16-8-6-4-5-7-9-17-11(3)12(13,14)15/h10-11,16H,4-9H2,1-3H3. The molecule has 0 rings (SSSR count). The third-order valence-electron chi connectivity index (χ3n) is 2.45. The van der Waals surface area contributed by atoms with Gasteiger partial charge in [-0.25, -0.2) is 0 Å². The summed E-state index contributed by atoms with van der Waals surface area (Å²) >= 11 is 0. The average Bonchev–Trinajstić information content (AvgIpc) is 2.19. The molecule has 0 spiro atoms. The second-order valence-electron chi connectivity index (χ2n) is 4.58. The van der Waals surface area contributed by atoms with Gasteiger partial charge >= 0.3 is 6.18 Å². The molecule has 1 N–H and O–H groups in total. The molecule has 5 heteroatoms. The van der Waals surface area contributed by atoms with Crippen molar-refractivity contribution in [3.8, 4) is 0 Å². The van der Waals surface area contributed by atoms with Crippen LogP contribution in [-0.2, 0) is 4.74 Å². The van der Waals surface area contributed by atoms with Crippen molar-refractivity contribution in [1.29, 1.82) is 0 Å². The lowest BCUT2D eigenvalue weighted by atomic mass is 10.2. The van der Waals surface area contributed by atoms with E-state index in [-0.39, 0.29) is 6.61 Å². The number of unbranched alkanes of at least 4 members (excludes halogenated alkanes) is 3. The van der Waals surface area contributed by atoms with E-state index in [1.807, 2.05) is 0 Å². The molecule has 0 fully saturated rings. The Kier molecular flexibility index (Phi) is 8.60. The van der Waals surface area contributed by atoms with Gasteiger partial charge in [0.1, 0.15) is 0 Å². The second-order valence-corrected chi connectivity index (χ2v) is 4.58. The summed E-state index contributed by atoms with van der Waals surface area (Å²) in [6.45, 7) is 6.39. The Hall–Kier alpha value is -0.290. The summed E-state index contributed by atoms with van der Waals surface area (Å²) in [5, 5.41) is 3.29. The molecule has 0 amide bonds. The summed E-state index contributed by atoms with van der Waals surface area (Å²) in [5.41, 5.74) is 0. The first kappa shape index (κ1) is 16.7. The first-order valence-corrected chi connectivity index (χ1v) is 6.25. The minimum absolute atomic E-state index is 0.193. The van der Waals surface area contributed by atoms with Gasteiger partial charge in [-0.2, -0.15) is 13.2 Å². The second kappa shape index (κ2) is 8.75. The SMILES string of the molecule is CC(C)NCCCCCCOC(C)C(F)(F)F. The number of ether oxygens (including phenoxy) is 1. The van der Waals surface area contributed by atoms with Crippen LogP contribution in [0.5, 0.6) is 0 Å². The average molecular weight is 255 g/mol. The maximum Gasteiger partial charge on any atom is 0.414 e. The Bertz CT molecular complexity index is 183. The van der Waals surface area contributed by atoms with E-state index in [9.17, 15) is 13.2 Å². The van der Waals surface area contributed by atoms with Gasteiger partial charge < -0.3 is 10.1 Å². The van der Waals surface area contributed by atoms with E-state index in [0.717, 1.165) is 32.7 Å². The Morgan fingerprint density at radius 3 is 2.12 bits per heavy atom. The molecule has 1 atom stereocenters. The first-order valence-electron chi connectivity index (χ1n) is 6.25. The molecule has 0 aromatic carbocycles. The van der Waals surface area contributed by atoms with Crippen LogP contribution in [0.25, 0.3) is 0 Å². The summed E-state index contributed by atoms with van der Waals surface area (Å²) in [4.78, 5) is 0. The van der Waals surface area contributed by atoms with Crippen molar-refractivity contribution in [3.63, 3.8) is 0 Å². The van der Waals surface area contributed by atoms with Gasteiger partial charge in [0.15, 0.2) is 6.10 Å². The van der Waals surface area contributed by atoms with Gasteiger partial charge in [-0.3, -0.25) is 0 Å². The summed E-state index contributed by atoms with van der Waals surface area (Å²) in [6, 6.07) is 0.492. The predicted octanol–water partition coefficient (Wildman–Crippen LogP) is 3.51. The molecule has 2 nitrogen and oxygen atoms in total. The van der Waals surface area contributed by atoms with E-state index in [4.69, 9.17) is 4.74 Å². The number of hydrogen-bond acceptors (Lipinski definition) is 2. The fourth-order valence-corrected chi connectivity index (χ4v) is 1.33. The van der Waals surface area contributed by atoms with Crippen molar-refractivity contribution >= 4 is 0 Å². The van der Waals surface area contributed by atoms with Crippen LogP contribution >= 0.6 is 0 Å². The lowest BCUT2D eigenvalue weighted by Crippen LogP contribution is -2.28. The van der Waals surface area contributed by atoms with Gasteiger partial charge in [0.05, 0.1) is 0 Å². The molecule has 0 saturated heterocycles. The van der Waals surface area contributed by atoms with Crippen LogP contribution in [0.2, 0.25) is 0 Å². The molecule has 1 unspecified atom stereocenters. The van der Waals surface area contributed by atoms with Crippen molar-refractivity contribution in [2.24, 2.45) is 0 Å². The Morgan fingerprint density at radius 1 is 1.00 bits per heavy atom. The van der Waals surface area contributed by atoms with Gasteiger partial charge in [0.2, 0.25) is 0 Å². The molecule has 0 aliphatic rings. The number of rotatable bonds is 9. The molecule has 0 aromatic rings. The summed E-state index contributed by atoms with van der Waals surface area (Å²) in [7, 11) is 0. The van der Waals surface area contributed by atoms with Crippen LogP contribution in [0.15, 0.2) is 0 Å². The quantitative estimate of drug-likeness (QED) is 0.637. The highest BCUT2D eigenvalue weighted by molar-refractivity contribution is 4.60. The van der Waals surface area contributed by atoms with Crippen molar-refractivity contribution < 1.29 is 17.9 Å². The van der Waals surface area contributed by atoms with Crippen LogP contribution in [0.1, 0.15) is 46.5 Å². The monoisotopic (exact) mass is 255 g/mol. The van der Waals surface area contributed by atoms with Crippen LogP contribution < -0.4 is 5.32 Å². The summed E-state index contributed by atoms with van der Waals surface area (Å²) in [5.74, 6) is 0. The largest absolute Gasteiger partial charge is 0.414 e. The van der Waals surface area contributed by atoms with Gasteiger partial charge in [0, 0.05) is 12.6 Å². The molecule has 0 radical (unpaired) electrons. The van der Waals surface area contributed by atoms with E-state index in [1.54, 1.807) is 0 Å².